The second-order valence-corrected chi connectivity index (χ2v) is 8.89. The Morgan fingerprint density at radius 1 is 0.895 bits per heavy atom. The molecule has 0 saturated heterocycles. The predicted molar refractivity (Wildman–Crippen MR) is 138 cm³/mol. The molecule has 38 heavy (non-hydrogen) atoms. The molecule has 1 aromatic heterocycles. The standard InChI is InChI=1S/C29H18ClF3O5/c1-16(36-19-11-9-18(30)10-12-19)28(35)37-20-13-14-23-24(15-20)38-27(29(31,32)33)25(26(23)34)22-8-4-6-17-5-2-3-7-21(17)22/h2-16H,1H3. The number of halogens is 4. The Hall–Kier alpha value is -4.30. The third-order valence-electron chi connectivity index (χ3n) is 5.86. The summed E-state index contributed by atoms with van der Waals surface area (Å²) in [6.07, 6.45) is -6.01. The van der Waals surface area contributed by atoms with E-state index >= 15 is 0 Å². The molecule has 0 aliphatic heterocycles. The highest BCUT2D eigenvalue weighted by Crippen LogP contribution is 2.39. The van der Waals surface area contributed by atoms with Crippen molar-refractivity contribution in [2.75, 3.05) is 0 Å². The first-order chi connectivity index (χ1) is 18.1. The molecule has 1 atom stereocenters. The molecule has 0 radical (unpaired) electrons. The van der Waals surface area contributed by atoms with Crippen LogP contribution in [0.1, 0.15) is 12.7 Å². The molecule has 0 fully saturated rings. The van der Waals surface area contributed by atoms with Crippen molar-refractivity contribution in [2.45, 2.75) is 19.2 Å². The SMILES string of the molecule is CC(Oc1ccc(Cl)cc1)C(=O)Oc1ccc2c(=O)c(-c3cccc4ccccc34)c(C(F)(F)F)oc2c1. The molecule has 1 heterocycles. The van der Waals surface area contributed by atoms with E-state index in [9.17, 15) is 22.8 Å². The fourth-order valence-electron chi connectivity index (χ4n) is 4.09. The van der Waals surface area contributed by atoms with Crippen LogP contribution in [0.25, 0.3) is 32.9 Å². The van der Waals surface area contributed by atoms with Gasteiger partial charge >= 0.3 is 12.1 Å². The second-order valence-electron chi connectivity index (χ2n) is 8.45. The molecule has 0 spiro atoms. The summed E-state index contributed by atoms with van der Waals surface area (Å²) in [4.78, 5) is 25.9. The largest absolute Gasteiger partial charge is 0.479 e. The first-order valence-electron chi connectivity index (χ1n) is 11.4. The number of hydrogen-bond donors (Lipinski definition) is 0. The van der Waals surface area contributed by atoms with Crippen LogP contribution in [0, 0.1) is 0 Å². The quantitative estimate of drug-likeness (QED) is 0.170. The summed E-state index contributed by atoms with van der Waals surface area (Å²) in [6.45, 7) is 1.45. The molecule has 4 aromatic carbocycles. The first kappa shape index (κ1) is 25.4. The highest BCUT2D eigenvalue weighted by atomic mass is 35.5. The van der Waals surface area contributed by atoms with Gasteiger partial charge in [0, 0.05) is 11.1 Å². The number of ether oxygens (including phenoxy) is 2. The van der Waals surface area contributed by atoms with Gasteiger partial charge in [-0.25, -0.2) is 4.79 Å². The molecule has 5 rings (SSSR count). The van der Waals surface area contributed by atoms with E-state index in [1.807, 2.05) is 0 Å². The number of hydrogen-bond acceptors (Lipinski definition) is 5. The number of alkyl halides is 3. The van der Waals surface area contributed by atoms with Crippen molar-refractivity contribution in [3.05, 3.63) is 106 Å². The second kappa shape index (κ2) is 9.87. The Kier molecular flexibility index (Phi) is 6.59. The van der Waals surface area contributed by atoms with Gasteiger partial charge in [-0.2, -0.15) is 13.2 Å². The van der Waals surface area contributed by atoms with Gasteiger partial charge in [0.2, 0.25) is 11.2 Å². The van der Waals surface area contributed by atoms with Gasteiger partial charge in [-0.1, -0.05) is 54.1 Å². The van der Waals surface area contributed by atoms with Crippen LogP contribution >= 0.6 is 11.6 Å². The summed E-state index contributed by atoms with van der Waals surface area (Å²) in [5.74, 6) is -1.97. The zero-order valence-electron chi connectivity index (χ0n) is 19.7. The van der Waals surface area contributed by atoms with Crippen molar-refractivity contribution in [1.29, 1.82) is 0 Å². The van der Waals surface area contributed by atoms with Crippen LogP contribution in [0.5, 0.6) is 11.5 Å². The van der Waals surface area contributed by atoms with E-state index in [4.69, 9.17) is 25.5 Å². The van der Waals surface area contributed by atoms with E-state index < -0.39 is 35.0 Å². The van der Waals surface area contributed by atoms with E-state index in [0.717, 1.165) is 6.07 Å². The first-order valence-corrected chi connectivity index (χ1v) is 11.8. The predicted octanol–water partition coefficient (Wildman–Crippen LogP) is 7.66. The third kappa shape index (κ3) is 4.95. The molecule has 5 nitrogen and oxygen atoms in total. The number of rotatable bonds is 5. The number of carbonyl (C=O) groups excluding carboxylic acids is 1. The Morgan fingerprint density at radius 2 is 1.58 bits per heavy atom. The van der Waals surface area contributed by atoms with Gasteiger partial charge in [0.15, 0.2) is 6.10 Å². The molecule has 5 aromatic rings. The molecule has 0 bridgehead atoms. The molecular formula is C29H18ClF3O5. The Morgan fingerprint density at radius 3 is 2.32 bits per heavy atom. The van der Waals surface area contributed by atoms with Gasteiger partial charge < -0.3 is 13.9 Å². The smallest absolute Gasteiger partial charge is 0.450 e. The molecule has 0 aliphatic rings. The zero-order chi connectivity index (χ0) is 27.0. The highest BCUT2D eigenvalue weighted by Gasteiger charge is 2.39. The van der Waals surface area contributed by atoms with Crippen LogP contribution in [-0.2, 0) is 11.0 Å². The fourth-order valence-corrected chi connectivity index (χ4v) is 4.22. The molecule has 192 valence electrons. The van der Waals surface area contributed by atoms with Crippen molar-refractivity contribution in [3.8, 4) is 22.6 Å². The van der Waals surface area contributed by atoms with Crippen molar-refractivity contribution >= 4 is 39.3 Å². The lowest BCUT2D eigenvalue weighted by molar-refractivity contribution is -0.152. The molecular weight excluding hydrogens is 521 g/mol. The molecule has 9 heteroatoms. The van der Waals surface area contributed by atoms with Crippen LogP contribution in [0.2, 0.25) is 5.02 Å². The lowest BCUT2D eigenvalue weighted by Crippen LogP contribution is -2.28. The summed E-state index contributed by atoms with van der Waals surface area (Å²) in [5, 5.41) is 1.56. The van der Waals surface area contributed by atoms with Crippen molar-refractivity contribution in [3.63, 3.8) is 0 Å². The maximum atomic E-state index is 14.1. The van der Waals surface area contributed by atoms with E-state index in [2.05, 4.69) is 0 Å². The van der Waals surface area contributed by atoms with E-state index in [1.165, 1.54) is 25.1 Å². The van der Waals surface area contributed by atoms with Crippen molar-refractivity contribution in [1.82, 2.24) is 0 Å². The van der Waals surface area contributed by atoms with Gasteiger partial charge in [-0.3, -0.25) is 4.79 Å². The molecule has 1 unspecified atom stereocenters. The molecule has 0 aliphatic carbocycles. The number of benzene rings is 4. The fraction of sp³-hybridized carbons (Fsp3) is 0.103. The van der Waals surface area contributed by atoms with Gasteiger partial charge in [0.1, 0.15) is 17.1 Å². The van der Waals surface area contributed by atoms with E-state index in [0.29, 0.717) is 21.5 Å². The number of carbonyl (C=O) groups is 1. The monoisotopic (exact) mass is 538 g/mol. The Bertz CT molecular complexity index is 1720. The minimum absolute atomic E-state index is 0.0915. The molecule has 0 N–H and O–H groups in total. The van der Waals surface area contributed by atoms with Gasteiger partial charge in [0.25, 0.3) is 0 Å². The number of esters is 1. The summed E-state index contributed by atoms with van der Waals surface area (Å²) in [5.41, 5.74) is -1.71. The van der Waals surface area contributed by atoms with Crippen molar-refractivity contribution < 1.29 is 31.9 Å². The van der Waals surface area contributed by atoms with Crippen LogP contribution in [0.4, 0.5) is 13.2 Å². The lowest BCUT2D eigenvalue weighted by atomic mass is 9.96. The van der Waals surface area contributed by atoms with Crippen LogP contribution < -0.4 is 14.9 Å². The van der Waals surface area contributed by atoms with Crippen LogP contribution in [-0.4, -0.2) is 12.1 Å². The van der Waals surface area contributed by atoms with E-state index in [1.54, 1.807) is 60.7 Å². The normalized spacial score (nSPS) is 12.4. The molecule has 0 saturated carbocycles. The van der Waals surface area contributed by atoms with Crippen molar-refractivity contribution in [2.24, 2.45) is 0 Å². The van der Waals surface area contributed by atoms with Crippen LogP contribution in [0.15, 0.2) is 94.1 Å². The summed E-state index contributed by atoms with van der Waals surface area (Å²) in [6, 6.07) is 21.6. The van der Waals surface area contributed by atoms with Gasteiger partial charge in [-0.15, -0.1) is 0 Å². The highest BCUT2D eigenvalue weighted by molar-refractivity contribution is 6.30. The maximum Gasteiger partial charge on any atom is 0.450 e. The molecule has 0 amide bonds. The minimum Gasteiger partial charge on any atom is -0.479 e. The van der Waals surface area contributed by atoms with E-state index in [-0.39, 0.29) is 22.3 Å². The summed E-state index contributed by atoms with van der Waals surface area (Å²) >= 11 is 5.84. The Balaban J connectivity index is 1.53. The Labute approximate surface area is 219 Å². The zero-order valence-corrected chi connectivity index (χ0v) is 20.5. The third-order valence-corrected chi connectivity index (χ3v) is 6.11. The van der Waals surface area contributed by atoms with Crippen LogP contribution in [0.3, 0.4) is 0 Å². The average Bonchev–Trinajstić information content (AvgIpc) is 2.89. The minimum atomic E-state index is -4.97. The van der Waals surface area contributed by atoms with Gasteiger partial charge in [0.05, 0.1) is 10.9 Å². The average molecular weight is 539 g/mol. The summed E-state index contributed by atoms with van der Waals surface area (Å²) < 4.78 is 58.5. The maximum absolute atomic E-state index is 14.1. The number of fused-ring (bicyclic) bond motifs is 2. The topological polar surface area (TPSA) is 65.7 Å². The lowest BCUT2D eigenvalue weighted by Gasteiger charge is -2.16. The summed E-state index contributed by atoms with van der Waals surface area (Å²) in [7, 11) is 0. The van der Waals surface area contributed by atoms with Gasteiger partial charge in [-0.05, 0) is 59.7 Å².